The molecule has 1 N–H and O–H groups in total. The van der Waals surface area contributed by atoms with E-state index in [9.17, 15) is 0 Å². The van der Waals surface area contributed by atoms with Gasteiger partial charge in [-0.15, -0.1) is 10.2 Å². The Morgan fingerprint density at radius 1 is 1.24 bits per heavy atom. The van der Waals surface area contributed by atoms with E-state index in [0.717, 1.165) is 16.8 Å². The second-order valence-electron chi connectivity index (χ2n) is 4.08. The number of hydrogen-bond acceptors (Lipinski definition) is 5. The molecule has 5 nitrogen and oxygen atoms in total. The van der Waals surface area contributed by atoms with Crippen molar-refractivity contribution in [1.29, 1.82) is 0 Å². The summed E-state index contributed by atoms with van der Waals surface area (Å²) in [5.74, 6) is 0.803. The maximum atomic E-state index is 6.00. The number of nitrogens with zero attached hydrogens (tertiary/aromatic N) is 3. The summed E-state index contributed by atoms with van der Waals surface area (Å²) in [6.45, 7) is 2.57. The molecule has 0 bridgehead atoms. The maximum absolute atomic E-state index is 6.00. The topological polar surface area (TPSA) is 63.7 Å². The average molecular weight is 341 g/mol. The Bertz CT molecular complexity index is 793. The third-order valence-electron chi connectivity index (χ3n) is 2.64. The first-order valence-electron chi connectivity index (χ1n) is 6.15. The van der Waals surface area contributed by atoms with Gasteiger partial charge in [-0.1, -0.05) is 23.2 Å². The number of aromatic nitrogens is 4. The molecule has 0 aliphatic carbocycles. The maximum Gasteiger partial charge on any atom is 0.171 e. The van der Waals surface area contributed by atoms with Gasteiger partial charge in [-0.05, 0) is 36.9 Å². The Morgan fingerprint density at radius 3 is 2.90 bits per heavy atom. The molecule has 108 valence electrons. The minimum Gasteiger partial charge on any atom is -0.494 e. The van der Waals surface area contributed by atoms with Crippen molar-refractivity contribution >= 4 is 46.0 Å². The fourth-order valence-electron chi connectivity index (χ4n) is 1.78. The van der Waals surface area contributed by atoms with E-state index in [1.165, 1.54) is 11.8 Å². The number of benzene rings is 1. The Hall–Kier alpha value is -1.50. The van der Waals surface area contributed by atoms with Gasteiger partial charge in [-0.25, -0.2) is 4.98 Å². The molecule has 0 saturated carbocycles. The summed E-state index contributed by atoms with van der Waals surface area (Å²) < 4.78 is 5.46. The number of nitrogens with one attached hydrogen (secondary N) is 1. The summed E-state index contributed by atoms with van der Waals surface area (Å²) >= 11 is 13.2. The standard InChI is InChI=1S/C13H10Cl2N4OS/c1-2-20-7-3-4-8-9(5-7)17-13(16-8)21-10-6-11(14)18-19-12(10)15/h3-6H,2H2,1H3,(H,16,17). The Balaban J connectivity index is 1.92. The van der Waals surface area contributed by atoms with Crippen LogP contribution in [0.4, 0.5) is 0 Å². The first kappa shape index (κ1) is 14.4. The van der Waals surface area contributed by atoms with Crippen LogP contribution in [0.2, 0.25) is 10.3 Å². The van der Waals surface area contributed by atoms with Crippen LogP contribution in [0.15, 0.2) is 34.3 Å². The molecule has 0 fully saturated rings. The highest BCUT2D eigenvalue weighted by Gasteiger charge is 2.10. The fraction of sp³-hybridized carbons (Fsp3) is 0.154. The Morgan fingerprint density at radius 2 is 2.10 bits per heavy atom. The zero-order valence-electron chi connectivity index (χ0n) is 10.9. The molecule has 0 aliphatic rings. The molecule has 2 heterocycles. The van der Waals surface area contributed by atoms with Gasteiger partial charge in [0, 0.05) is 6.07 Å². The highest BCUT2D eigenvalue weighted by molar-refractivity contribution is 7.99. The molecule has 0 spiro atoms. The molecule has 0 amide bonds. The molecule has 0 atom stereocenters. The first-order chi connectivity index (χ1) is 10.2. The van der Waals surface area contributed by atoms with Crippen LogP contribution < -0.4 is 4.74 Å². The van der Waals surface area contributed by atoms with Crippen LogP contribution in [-0.4, -0.2) is 26.8 Å². The molecular weight excluding hydrogens is 331 g/mol. The van der Waals surface area contributed by atoms with E-state index in [0.29, 0.717) is 21.8 Å². The van der Waals surface area contributed by atoms with Crippen molar-refractivity contribution in [2.24, 2.45) is 0 Å². The number of hydrogen-bond donors (Lipinski definition) is 1. The predicted octanol–water partition coefficient (Wildman–Crippen LogP) is 4.21. The molecule has 0 unspecified atom stereocenters. The van der Waals surface area contributed by atoms with Crippen LogP contribution in [0.1, 0.15) is 6.92 Å². The lowest BCUT2D eigenvalue weighted by molar-refractivity contribution is 0.340. The number of rotatable bonds is 4. The Labute approximate surface area is 135 Å². The molecule has 0 radical (unpaired) electrons. The Kier molecular flexibility index (Phi) is 4.19. The van der Waals surface area contributed by atoms with Gasteiger partial charge in [0.1, 0.15) is 5.75 Å². The van der Waals surface area contributed by atoms with Gasteiger partial charge >= 0.3 is 0 Å². The van der Waals surface area contributed by atoms with Crippen LogP contribution >= 0.6 is 35.0 Å². The van der Waals surface area contributed by atoms with Gasteiger partial charge < -0.3 is 9.72 Å². The lowest BCUT2D eigenvalue weighted by Crippen LogP contribution is -1.90. The summed E-state index contributed by atoms with van der Waals surface area (Å²) in [5.41, 5.74) is 1.75. The van der Waals surface area contributed by atoms with Crippen molar-refractivity contribution in [2.45, 2.75) is 17.0 Å². The average Bonchev–Trinajstić information content (AvgIpc) is 2.85. The summed E-state index contributed by atoms with van der Waals surface area (Å²) in [5, 5.41) is 8.73. The van der Waals surface area contributed by atoms with E-state index in [4.69, 9.17) is 27.9 Å². The lowest BCUT2D eigenvalue weighted by Gasteiger charge is -2.00. The molecule has 0 saturated heterocycles. The van der Waals surface area contributed by atoms with Crippen molar-refractivity contribution in [3.63, 3.8) is 0 Å². The number of ether oxygens (including phenoxy) is 1. The van der Waals surface area contributed by atoms with Crippen molar-refractivity contribution < 1.29 is 4.74 Å². The first-order valence-corrected chi connectivity index (χ1v) is 7.72. The highest BCUT2D eigenvalue weighted by atomic mass is 35.5. The lowest BCUT2D eigenvalue weighted by atomic mass is 10.3. The van der Waals surface area contributed by atoms with Crippen molar-refractivity contribution in [2.75, 3.05) is 6.61 Å². The summed E-state index contributed by atoms with van der Waals surface area (Å²) in [4.78, 5) is 8.39. The monoisotopic (exact) mass is 340 g/mol. The van der Waals surface area contributed by atoms with E-state index < -0.39 is 0 Å². The SMILES string of the molecule is CCOc1ccc2nc(Sc3cc(Cl)nnc3Cl)[nH]c2c1. The zero-order chi connectivity index (χ0) is 14.8. The van der Waals surface area contributed by atoms with Crippen LogP contribution in [0.3, 0.4) is 0 Å². The number of aromatic amines is 1. The van der Waals surface area contributed by atoms with Gasteiger partial charge in [0.2, 0.25) is 0 Å². The number of H-pyrrole nitrogens is 1. The van der Waals surface area contributed by atoms with Gasteiger partial charge in [-0.2, -0.15) is 0 Å². The number of fused-ring (bicyclic) bond motifs is 1. The van der Waals surface area contributed by atoms with E-state index in [1.807, 2.05) is 25.1 Å². The molecule has 3 rings (SSSR count). The van der Waals surface area contributed by atoms with Crippen molar-refractivity contribution in [3.05, 3.63) is 34.6 Å². The van der Waals surface area contributed by atoms with E-state index >= 15 is 0 Å². The normalized spacial score (nSPS) is 11.0. The summed E-state index contributed by atoms with van der Waals surface area (Å²) in [7, 11) is 0. The van der Waals surface area contributed by atoms with E-state index in [2.05, 4.69) is 20.2 Å². The summed E-state index contributed by atoms with van der Waals surface area (Å²) in [6.07, 6.45) is 0. The molecule has 2 aromatic heterocycles. The minimum absolute atomic E-state index is 0.289. The predicted molar refractivity (Wildman–Crippen MR) is 83.4 cm³/mol. The quantitative estimate of drug-likeness (QED) is 0.770. The molecule has 3 aromatic rings. The van der Waals surface area contributed by atoms with E-state index in [1.54, 1.807) is 6.07 Å². The second-order valence-corrected chi connectivity index (χ2v) is 5.85. The van der Waals surface area contributed by atoms with Crippen LogP contribution in [0.25, 0.3) is 11.0 Å². The van der Waals surface area contributed by atoms with Gasteiger partial charge in [0.05, 0.1) is 22.5 Å². The third-order valence-corrected chi connectivity index (χ3v) is 4.13. The van der Waals surface area contributed by atoms with E-state index in [-0.39, 0.29) is 5.15 Å². The van der Waals surface area contributed by atoms with Crippen LogP contribution in [0, 0.1) is 0 Å². The molecule has 1 aromatic carbocycles. The smallest absolute Gasteiger partial charge is 0.171 e. The fourth-order valence-corrected chi connectivity index (χ4v) is 3.01. The minimum atomic E-state index is 0.289. The van der Waals surface area contributed by atoms with Gasteiger partial charge in [-0.3, -0.25) is 0 Å². The van der Waals surface area contributed by atoms with Crippen LogP contribution in [-0.2, 0) is 0 Å². The zero-order valence-corrected chi connectivity index (χ0v) is 13.3. The molecule has 0 aliphatic heterocycles. The van der Waals surface area contributed by atoms with Gasteiger partial charge in [0.25, 0.3) is 0 Å². The van der Waals surface area contributed by atoms with Crippen molar-refractivity contribution in [3.8, 4) is 5.75 Å². The third kappa shape index (κ3) is 3.23. The second kappa shape index (κ2) is 6.09. The van der Waals surface area contributed by atoms with Crippen molar-refractivity contribution in [1.82, 2.24) is 20.2 Å². The van der Waals surface area contributed by atoms with Crippen LogP contribution in [0.5, 0.6) is 5.75 Å². The largest absolute Gasteiger partial charge is 0.494 e. The number of imidazole rings is 1. The number of halogens is 2. The highest BCUT2D eigenvalue weighted by Crippen LogP contribution is 2.33. The molecule has 8 heteroatoms. The van der Waals surface area contributed by atoms with Gasteiger partial charge in [0.15, 0.2) is 15.5 Å². The molecular formula is C13H10Cl2N4OS. The molecule has 21 heavy (non-hydrogen) atoms. The summed E-state index contributed by atoms with van der Waals surface area (Å²) in [6, 6.07) is 7.36.